The number of nitrogens with zero attached hydrogens (tertiary/aromatic N) is 2. The fourth-order valence-corrected chi connectivity index (χ4v) is 5.74. The lowest BCUT2D eigenvalue weighted by molar-refractivity contribution is -0.142. The highest BCUT2D eigenvalue weighted by Gasteiger charge is 2.30. The van der Waals surface area contributed by atoms with Crippen LogP contribution in [0.15, 0.2) is 66.0 Å². The van der Waals surface area contributed by atoms with Gasteiger partial charge >= 0.3 is 12.1 Å². The quantitative estimate of drug-likeness (QED) is 0.194. The highest BCUT2D eigenvalue weighted by Crippen LogP contribution is 2.36. The molecule has 234 valence electrons. The number of hydrogen-bond donors (Lipinski definition) is 3. The van der Waals surface area contributed by atoms with E-state index in [4.69, 9.17) is 20.6 Å². The summed E-state index contributed by atoms with van der Waals surface area (Å²) in [6, 6.07) is 16.9. The normalized spacial score (nSPS) is 13.8. The van der Waals surface area contributed by atoms with Crippen LogP contribution in [0.2, 0.25) is 0 Å². The maximum atomic E-state index is 12.9. The summed E-state index contributed by atoms with van der Waals surface area (Å²) in [4.78, 5) is 18.3. The van der Waals surface area contributed by atoms with Gasteiger partial charge in [-0.05, 0) is 73.2 Å². The standard InChI is InChI=1S/C31H29F3N2O3S.C2H7NO/c1-19-3-10-28(26(15-19)27-18-40-30(35-27)36-13-11-22(12-14-36)29(37)38)39-17-24-5-4-23(16-20(24)2)21-6-8-25(9-7-21)31(32,33)34;3-1-2-4/h3-10,15-16,18,22H,11-14,17H2,1-2H3,(H,37,38);4H,1-3H2. The van der Waals surface area contributed by atoms with Gasteiger partial charge in [-0.15, -0.1) is 11.3 Å². The second-order valence-corrected chi connectivity index (χ2v) is 11.5. The molecule has 11 heteroatoms. The Kier molecular flexibility index (Phi) is 11.0. The summed E-state index contributed by atoms with van der Waals surface area (Å²) < 4.78 is 45.0. The predicted octanol–water partition coefficient (Wildman–Crippen LogP) is 6.93. The number of anilines is 1. The highest BCUT2D eigenvalue weighted by molar-refractivity contribution is 7.14. The molecule has 0 radical (unpaired) electrons. The maximum absolute atomic E-state index is 12.9. The number of piperidine rings is 1. The summed E-state index contributed by atoms with van der Waals surface area (Å²) >= 11 is 1.54. The molecule has 1 aliphatic heterocycles. The molecule has 0 atom stereocenters. The highest BCUT2D eigenvalue weighted by atomic mass is 32.1. The number of hydrogen-bond acceptors (Lipinski definition) is 7. The summed E-state index contributed by atoms with van der Waals surface area (Å²) in [5, 5.41) is 19.9. The Labute approximate surface area is 258 Å². The summed E-state index contributed by atoms with van der Waals surface area (Å²) in [7, 11) is 0. The summed E-state index contributed by atoms with van der Waals surface area (Å²) in [6.45, 7) is 6.12. The van der Waals surface area contributed by atoms with Crippen LogP contribution < -0.4 is 15.4 Å². The Morgan fingerprint density at radius 3 is 2.30 bits per heavy atom. The van der Waals surface area contributed by atoms with Gasteiger partial charge in [0.1, 0.15) is 12.4 Å². The first-order chi connectivity index (χ1) is 21.0. The average Bonchev–Trinajstić information content (AvgIpc) is 3.51. The molecule has 0 aliphatic carbocycles. The van der Waals surface area contributed by atoms with E-state index in [0.29, 0.717) is 44.8 Å². The SMILES string of the molecule is Cc1ccc(OCc2ccc(-c3ccc(C(F)(F)F)cc3)cc2C)c(-c2csc(N3CCC(C(=O)O)CC3)n2)c1.NCCO. The van der Waals surface area contributed by atoms with E-state index in [2.05, 4.69) is 4.90 Å². The first-order valence-corrected chi connectivity index (χ1v) is 15.1. The molecule has 1 aliphatic rings. The zero-order valence-corrected chi connectivity index (χ0v) is 25.4. The Hall–Kier alpha value is -3.93. The van der Waals surface area contributed by atoms with Crippen molar-refractivity contribution in [3.63, 3.8) is 0 Å². The van der Waals surface area contributed by atoms with Crippen LogP contribution in [0.25, 0.3) is 22.4 Å². The van der Waals surface area contributed by atoms with Gasteiger partial charge in [0.25, 0.3) is 0 Å². The van der Waals surface area contributed by atoms with Gasteiger partial charge in [-0.3, -0.25) is 4.79 Å². The number of carbonyl (C=O) groups is 1. The summed E-state index contributed by atoms with van der Waals surface area (Å²) in [6.07, 6.45) is -3.14. The second kappa shape index (κ2) is 14.7. The largest absolute Gasteiger partial charge is 0.488 e. The molecule has 1 saturated heterocycles. The van der Waals surface area contributed by atoms with Crippen LogP contribution >= 0.6 is 11.3 Å². The van der Waals surface area contributed by atoms with Crippen LogP contribution in [0.3, 0.4) is 0 Å². The number of nitrogens with two attached hydrogens (primary N) is 1. The molecule has 4 aromatic rings. The van der Waals surface area contributed by atoms with Gasteiger partial charge in [0.05, 0.1) is 23.8 Å². The van der Waals surface area contributed by atoms with Crippen LogP contribution in [-0.2, 0) is 17.6 Å². The Balaban J connectivity index is 0.00000104. The van der Waals surface area contributed by atoms with Gasteiger partial charge in [-0.1, -0.05) is 42.0 Å². The summed E-state index contributed by atoms with van der Waals surface area (Å²) in [5.41, 5.74) is 10.4. The zero-order valence-electron chi connectivity index (χ0n) is 24.6. The minimum absolute atomic E-state index is 0.0972. The molecular formula is C33H36F3N3O4S. The van der Waals surface area contributed by atoms with Gasteiger partial charge in [0.2, 0.25) is 0 Å². The number of aliphatic hydroxyl groups excluding tert-OH is 1. The Bertz CT molecular complexity index is 1550. The molecule has 7 nitrogen and oxygen atoms in total. The number of carboxylic acid groups (broad SMARTS) is 1. The zero-order chi connectivity index (χ0) is 31.9. The predicted molar refractivity (Wildman–Crippen MR) is 167 cm³/mol. The van der Waals surface area contributed by atoms with Crippen molar-refractivity contribution >= 4 is 22.4 Å². The van der Waals surface area contributed by atoms with Crippen molar-refractivity contribution in [1.29, 1.82) is 0 Å². The van der Waals surface area contributed by atoms with E-state index in [1.54, 1.807) is 11.3 Å². The number of alkyl halides is 3. The van der Waals surface area contributed by atoms with Crippen molar-refractivity contribution in [2.75, 3.05) is 31.1 Å². The third-order valence-corrected chi connectivity index (χ3v) is 8.32. The number of aromatic nitrogens is 1. The number of halogens is 3. The molecule has 3 aromatic carbocycles. The summed E-state index contributed by atoms with van der Waals surface area (Å²) in [5.74, 6) is -0.316. The molecule has 1 fully saturated rings. The van der Waals surface area contributed by atoms with Crippen LogP contribution in [0.1, 0.15) is 35.1 Å². The van der Waals surface area contributed by atoms with E-state index in [9.17, 15) is 23.1 Å². The van der Waals surface area contributed by atoms with Crippen LogP contribution in [0.4, 0.5) is 18.3 Å². The average molecular weight is 628 g/mol. The van der Waals surface area contributed by atoms with Crippen molar-refractivity contribution in [2.24, 2.45) is 11.7 Å². The Morgan fingerprint density at radius 1 is 1.05 bits per heavy atom. The van der Waals surface area contributed by atoms with Crippen molar-refractivity contribution in [1.82, 2.24) is 4.98 Å². The molecule has 5 rings (SSSR count). The fraction of sp³-hybridized carbons (Fsp3) is 0.333. The van der Waals surface area contributed by atoms with E-state index in [1.807, 2.05) is 55.6 Å². The number of benzene rings is 3. The topological polar surface area (TPSA) is 109 Å². The van der Waals surface area contributed by atoms with Gasteiger partial charge in [0.15, 0.2) is 5.13 Å². The van der Waals surface area contributed by atoms with E-state index in [-0.39, 0.29) is 12.5 Å². The molecule has 0 bridgehead atoms. The lowest BCUT2D eigenvalue weighted by Crippen LogP contribution is -2.36. The third kappa shape index (κ3) is 8.37. The number of carboxylic acids is 1. The first-order valence-electron chi connectivity index (χ1n) is 14.2. The molecule has 44 heavy (non-hydrogen) atoms. The lowest BCUT2D eigenvalue weighted by Gasteiger charge is -2.29. The van der Waals surface area contributed by atoms with Gasteiger partial charge < -0.3 is 25.6 Å². The van der Waals surface area contributed by atoms with Crippen molar-refractivity contribution in [2.45, 2.75) is 39.5 Å². The Morgan fingerprint density at radius 2 is 1.70 bits per heavy atom. The number of thiazole rings is 1. The molecule has 0 saturated carbocycles. The van der Waals surface area contributed by atoms with Gasteiger partial charge in [-0.2, -0.15) is 13.2 Å². The molecule has 1 aromatic heterocycles. The van der Waals surface area contributed by atoms with E-state index < -0.39 is 17.7 Å². The molecule has 2 heterocycles. The number of aryl methyl sites for hydroxylation is 2. The lowest BCUT2D eigenvalue weighted by atomic mass is 9.97. The van der Waals surface area contributed by atoms with Crippen molar-refractivity contribution in [3.8, 4) is 28.1 Å². The molecular weight excluding hydrogens is 591 g/mol. The monoisotopic (exact) mass is 627 g/mol. The molecule has 0 unspecified atom stereocenters. The van der Waals surface area contributed by atoms with E-state index >= 15 is 0 Å². The van der Waals surface area contributed by atoms with Crippen LogP contribution in [0, 0.1) is 19.8 Å². The maximum Gasteiger partial charge on any atom is 0.416 e. The van der Waals surface area contributed by atoms with Crippen molar-refractivity contribution in [3.05, 3.63) is 88.3 Å². The van der Waals surface area contributed by atoms with Crippen molar-refractivity contribution < 1.29 is 32.9 Å². The minimum Gasteiger partial charge on any atom is -0.488 e. The molecule has 4 N–H and O–H groups in total. The minimum atomic E-state index is -4.36. The number of aliphatic carboxylic acids is 1. The number of ether oxygens (including phenoxy) is 1. The number of rotatable bonds is 8. The smallest absolute Gasteiger partial charge is 0.416 e. The second-order valence-electron chi connectivity index (χ2n) is 10.6. The van der Waals surface area contributed by atoms with E-state index in [1.165, 1.54) is 12.1 Å². The molecule has 0 amide bonds. The van der Waals surface area contributed by atoms with Gasteiger partial charge in [-0.25, -0.2) is 4.98 Å². The van der Waals surface area contributed by atoms with E-state index in [0.717, 1.165) is 56.3 Å². The van der Waals surface area contributed by atoms with Gasteiger partial charge in [0, 0.05) is 30.6 Å². The molecule has 0 spiro atoms. The van der Waals surface area contributed by atoms with Crippen LogP contribution in [0.5, 0.6) is 5.75 Å². The fourth-order valence-electron chi connectivity index (χ4n) is 4.87. The number of aliphatic hydroxyl groups is 1. The first kappa shape index (κ1) is 33.0. The third-order valence-electron chi connectivity index (χ3n) is 7.42. The van der Waals surface area contributed by atoms with Crippen LogP contribution in [-0.4, -0.2) is 47.4 Å².